The molecule has 0 bridgehead atoms. The van der Waals surface area contributed by atoms with Gasteiger partial charge in [-0.25, -0.2) is 0 Å². The number of para-hydroxylation sites is 1. The van der Waals surface area contributed by atoms with E-state index >= 15 is 0 Å². The number of hydrogen-bond donors (Lipinski definition) is 0. The minimum Gasteiger partial charge on any atom is -0.456 e. The standard InChI is InChI=1S/C54H35NO/c1-3-15-46-38(10-1)12-8-18-48(46)40-24-22-36(23-25-40)37-28-30-43(31-29-37)55(45-32-33-49-42(35-45)27-26-39-11-2-4-16-47(39)49)44-14-7-13-41(34-44)50-19-9-21-53-54(50)51-17-5-6-20-52(51)56-53/h1-35H. The predicted molar refractivity (Wildman–Crippen MR) is 237 cm³/mol. The lowest BCUT2D eigenvalue weighted by molar-refractivity contribution is 0.669. The summed E-state index contributed by atoms with van der Waals surface area (Å²) in [5, 5.41) is 9.77. The van der Waals surface area contributed by atoms with Crippen LogP contribution >= 0.6 is 0 Å². The molecule has 2 nitrogen and oxygen atoms in total. The van der Waals surface area contributed by atoms with Crippen LogP contribution in [-0.4, -0.2) is 0 Å². The Morgan fingerprint density at radius 1 is 0.286 bits per heavy atom. The summed E-state index contributed by atoms with van der Waals surface area (Å²) in [5.74, 6) is 0. The molecule has 11 aromatic rings. The molecule has 0 saturated heterocycles. The minimum absolute atomic E-state index is 0.897. The van der Waals surface area contributed by atoms with E-state index in [2.05, 4.69) is 205 Å². The fourth-order valence-electron chi connectivity index (χ4n) is 8.54. The first-order valence-corrected chi connectivity index (χ1v) is 19.2. The maximum Gasteiger partial charge on any atom is 0.136 e. The van der Waals surface area contributed by atoms with Crippen molar-refractivity contribution in [2.75, 3.05) is 4.90 Å². The summed E-state index contributed by atoms with van der Waals surface area (Å²) < 4.78 is 6.29. The van der Waals surface area contributed by atoms with E-state index in [1.807, 2.05) is 12.1 Å². The molecule has 0 amide bonds. The molecule has 0 aliphatic heterocycles. The minimum atomic E-state index is 0.897. The Balaban J connectivity index is 1.01. The molecule has 2 heteroatoms. The Morgan fingerprint density at radius 3 is 1.68 bits per heavy atom. The Hall–Kier alpha value is -7.42. The molecule has 1 aromatic heterocycles. The highest BCUT2D eigenvalue weighted by Crippen LogP contribution is 2.42. The third-order valence-corrected chi connectivity index (χ3v) is 11.2. The maximum atomic E-state index is 6.29. The summed E-state index contributed by atoms with van der Waals surface area (Å²) in [4.78, 5) is 2.37. The third-order valence-electron chi connectivity index (χ3n) is 11.2. The molecule has 0 aliphatic rings. The average Bonchev–Trinajstić information content (AvgIpc) is 3.66. The van der Waals surface area contributed by atoms with Gasteiger partial charge in [-0.05, 0) is 114 Å². The Bertz CT molecular complexity index is 3240. The van der Waals surface area contributed by atoms with Gasteiger partial charge in [0.15, 0.2) is 0 Å². The Morgan fingerprint density at radius 2 is 0.839 bits per heavy atom. The summed E-state index contributed by atoms with van der Waals surface area (Å²) in [6, 6.07) is 76.5. The summed E-state index contributed by atoms with van der Waals surface area (Å²) in [5.41, 5.74) is 12.2. The molecule has 0 atom stereocenters. The lowest BCUT2D eigenvalue weighted by atomic mass is 9.96. The lowest BCUT2D eigenvalue weighted by Crippen LogP contribution is -2.10. The SMILES string of the molecule is c1cc(-c2cccc3oc4ccccc4c23)cc(N(c2ccc(-c3ccc(-c4cccc5ccccc45)cc3)cc2)c2ccc3c(ccc4ccccc43)c2)c1. The van der Waals surface area contributed by atoms with Crippen LogP contribution in [0.3, 0.4) is 0 Å². The molecule has 0 radical (unpaired) electrons. The number of rotatable bonds is 6. The number of fused-ring (bicyclic) bond motifs is 7. The predicted octanol–water partition coefficient (Wildman–Crippen LogP) is 15.5. The smallest absolute Gasteiger partial charge is 0.136 e. The quantitative estimate of drug-likeness (QED) is 0.160. The summed E-state index contributed by atoms with van der Waals surface area (Å²) in [7, 11) is 0. The van der Waals surface area contributed by atoms with Gasteiger partial charge < -0.3 is 9.32 Å². The second-order valence-electron chi connectivity index (χ2n) is 14.5. The van der Waals surface area contributed by atoms with Gasteiger partial charge in [0.25, 0.3) is 0 Å². The summed E-state index contributed by atoms with van der Waals surface area (Å²) in [6.07, 6.45) is 0. The topological polar surface area (TPSA) is 16.4 Å². The zero-order valence-corrected chi connectivity index (χ0v) is 30.6. The van der Waals surface area contributed by atoms with Crippen molar-refractivity contribution in [3.8, 4) is 33.4 Å². The first kappa shape index (κ1) is 32.0. The average molecular weight is 714 g/mol. The highest BCUT2D eigenvalue weighted by Gasteiger charge is 2.17. The van der Waals surface area contributed by atoms with Gasteiger partial charge in [0.05, 0.1) is 0 Å². The molecular formula is C54H35NO. The van der Waals surface area contributed by atoms with Crippen molar-refractivity contribution in [2.24, 2.45) is 0 Å². The fraction of sp³-hybridized carbons (Fsp3) is 0. The summed E-state index contributed by atoms with van der Waals surface area (Å²) >= 11 is 0. The molecule has 1 heterocycles. The van der Waals surface area contributed by atoms with E-state index in [0.29, 0.717) is 0 Å². The van der Waals surface area contributed by atoms with Crippen molar-refractivity contribution in [3.63, 3.8) is 0 Å². The van der Waals surface area contributed by atoms with E-state index in [9.17, 15) is 0 Å². The van der Waals surface area contributed by atoms with Gasteiger partial charge in [-0.2, -0.15) is 0 Å². The van der Waals surface area contributed by atoms with Crippen LogP contribution in [0.1, 0.15) is 0 Å². The van der Waals surface area contributed by atoms with E-state index < -0.39 is 0 Å². The Kier molecular flexibility index (Phi) is 7.53. The first-order chi connectivity index (χ1) is 27.7. The molecule has 11 rings (SSSR count). The number of hydrogen-bond acceptors (Lipinski definition) is 2. The van der Waals surface area contributed by atoms with Crippen LogP contribution in [0.4, 0.5) is 17.1 Å². The van der Waals surface area contributed by atoms with Crippen LogP contribution in [0.25, 0.3) is 87.6 Å². The van der Waals surface area contributed by atoms with Crippen LogP contribution in [-0.2, 0) is 0 Å². The lowest BCUT2D eigenvalue weighted by Gasteiger charge is -2.27. The normalized spacial score (nSPS) is 11.6. The highest BCUT2D eigenvalue weighted by molar-refractivity contribution is 6.13. The molecule has 0 saturated carbocycles. The fourth-order valence-corrected chi connectivity index (χ4v) is 8.54. The van der Waals surface area contributed by atoms with Gasteiger partial charge >= 0.3 is 0 Å². The molecule has 56 heavy (non-hydrogen) atoms. The van der Waals surface area contributed by atoms with Crippen molar-refractivity contribution < 1.29 is 4.42 Å². The summed E-state index contributed by atoms with van der Waals surface area (Å²) in [6.45, 7) is 0. The van der Waals surface area contributed by atoms with Crippen molar-refractivity contribution in [1.29, 1.82) is 0 Å². The van der Waals surface area contributed by atoms with Crippen molar-refractivity contribution >= 4 is 71.3 Å². The monoisotopic (exact) mass is 713 g/mol. The molecule has 0 aliphatic carbocycles. The maximum absolute atomic E-state index is 6.29. The van der Waals surface area contributed by atoms with Crippen LogP contribution < -0.4 is 4.90 Å². The van der Waals surface area contributed by atoms with Gasteiger partial charge in [0, 0.05) is 27.8 Å². The second kappa shape index (κ2) is 13.2. The van der Waals surface area contributed by atoms with E-state index in [1.165, 1.54) is 54.6 Å². The van der Waals surface area contributed by atoms with E-state index in [4.69, 9.17) is 4.42 Å². The van der Waals surface area contributed by atoms with Gasteiger partial charge in [-0.3, -0.25) is 0 Å². The van der Waals surface area contributed by atoms with Gasteiger partial charge in [-0.15, -0.1) is 0 Å². The number of anilines is 3. The number of furan rings is 1. The zero-order chi connectivity index (χ0) is 37.0. The van der Waals surface area contributed by atoms with Gasteiger partial charge in [0.2, 0.25) is 0 Å². The molecule has 0 fully saturated rings. The van der Waals surface area contributed by atoms with Crippen molar-refractivity contribution in [3.05, 3.63) is 212 Å². The molecule has 10 aromatic carbocycles. The van der Waals surface area contributed by atoms with Crippen LogP contribution in [0.2, 0.25) is 0 Å². The molecule has 0 unspecified atom stereocenters. The van der Waals surface area contributed by atoms with Gasteiger partial charge in [-0.1, -0.05) is 164 Å². The molecular weight excluding hydrogens is 679 g/mol. The van der Waals surface area contributed by atoms with E-state index in [0.717, 1.165) is 50.1 Å². The second-order valence-corrected chi connectivity index (χ2v) is 14.5. The van der Waals surface area contributed by atoms with E-state index in [1.54, 1.807) is 0 Å². The molecule has 0 spiro atoms. The number of nitrogens with zero attached hydrogens (tertiary/aromatic N) is 1. The molecule has 0 N–H and O–H groups in total. The van der Waals surface area contributed by atoms with Crippen LogP contribution in [0, 0.1) is 0 Å². The third kappa shape index (κ3) is 5.42. The largest absolute Gasteiger partial charge is 0.456 e. The van der Waals surface area contributed by atoms with E-state index in [-0.39, 0.29) is 0 Å². The zero-order valence-electron chi connectivity index (χ0n) is 30.6. The van der Waals surface area contributed by atoms with Crippen molar-refractivity contribution in [1.82, 2.24) is 0 Å². The van der Waals surface area contributed by atoms with Crippen molar-refractivity contribution in [2.45, 2.75) is 0 Å². The van der Waals surface area contributed by atoms with Gasteiger partial charge in [0.1, 0.15) is 11.2 Å². The first-order valence-electron chi connectivity index (χ1n) is 19.2. The number of benzene rings is 10. The van der Waals surface area contributed by atoms with Crippen LogP contribution in [0.5, 0.6) is 0 Å². The highest BCUT2D eigenvalue weighted by atomic mass is 16.3. The Labute approximate surface area is 325 Å². The van der Waals surface area contributed by atoms with Crippen LogP contribution in [0.15, 0.2) is 217 Å². The molecule has 262 valence electrons.